The first kappa shape index (κ1) is 23.8. The second-order valence-electron chi connectivity index (χ2n) is 7.33. The number of hydrogen-bond acceptors (Lipinski definition) is 4. The largest absolute Gasteiger partial charge is 0.495 e. The van der Waals surface area contributed by atoms with Crippen molar-refractivity contribution in [2.75, 3.05) is 7.11 Å². The van der Waals surface area contributed by atoms with Crippen LogP contribution in [-0.4, -0.2) is 27.5 Å². The molecule has 3 rings (SSSR count). The van der Waals surface area contributed by atoms with Crippen LogP contribution in [0.3, 0.4) is 0 Å². The Morgan fingerprint density at radius 1 is 1.03 bits per heavy atom. The summed E-state index contributed by atoms with van der Waals surface area (Å²) in [6.07, 6.45) is 0.183. The summed E-state index contributed by atoms with van der Waals surface area (Å²) in [5.41, 5.74) is 2.32. The quantitative estimate of drug-likeness (QED) is 0.495. The van der Waals surface area contributed by atoms with Gasteiger partial charge < -0.3 is 10.1 Å². The van der Waals surface area contributed by atoms with Crippen molar-refractivity contribution >= 4 is 27.5 Å². The fourth-order valence-electron chi connectivity index (χ4n) is 3.23. The topological polar surface area (TPSA) is 84.5 Å². The Kier molecular flexibility index (Phi) is 7.90. The van der Waals surface area contributed by atoms with Gasteiger partial charge in [0.2, 0.25) is 15.9 Å². The van der Waals surface area contributed by atoms with Gasteiger partial charge >= 0.3 is 0 Å². The van der Waals surface area contributed by atoms with Crippen molar-refractivity contribution in [3.63, 3.8) is 0 Å². The van der Waals surface area contributed by atoms with E-state index in [1.807, 2.05) is 36.4 Å². The molecule has 1 amide bonds. The molecular weight excluding hydrogens is 448 g/mol. The summed E-state index contributed by atoms with van der Waals surface area (Å²) in [4.78, 5) is 13.0. The number of rotatable bonds is 9. The molecule has 0 heterocycles. The lowest BCUT2D eigenvalue weighted by atomic mass is 10.1. The number of nitrogens with one attached hydrogen (secondary N) is 2. The van der Waals surface area contributed by atoms with Gasteiger partial charge in [-0.1, -0.05) is 66.2 Å². The van der Waals surface area contributed by atoms with Crippen molar-refractivity contribution in [3.8, 4) is 5.75 Å². The lowest BCUT2D eigenvalue weighted by molar-refractivity contribution is -0.122. The molecule has 0 fully saturated rings. The number of methoxy groups -OCH3 is 1. The van der Waals surface area contributed by atoms with Gasteiger partial charge in [0, 0.05) is 11.6 Å². The normalized spacial score (nSPS) is 12.2. The van der Waals surface area contributed by atoms with E-state index in [1.165, 1.54) is 13.2 Å². The van der Waals surface area contributed by atoms with Gasteiger partial charge in [-0.15, -0.1) is 0 Å². The van der Waals surface area contributed by atoms with Crippen molar-refractivity contribution in [3.05, 3.63) is 94.5 Å². The van der Waals surface area contributed by atoms with Gasteiger partial charge in [-0.3, -0.25) is 4.79 Å². The molecule has 0 saturated carbocycles. The molecule has 6 nitrogen and oxygen atoms in total. The molecule has 0 radical (unpaired) electrons. The van der Waals surface area contributed by atoms with Crippen LogP contribution < -0.4 is 14.8 Å². The van der Waals surface area contributed by atoms with E-state index in [4.69, 9.17) is 16.3 Å². The Morgan fingerprint density at radius 2 is 1.72 bits per heavy atom. The number of amides is 1. The number of ether oxygens (including phenoxy) is 1. The van der Waals surface area contributed by atoms with Crippen LogP contribution in [0.1, 0.15) is 16.7 Å². The molecule has 168 valence electrons. The Bertz CT molecular complexity index is 1180. The lowest BCUT2D eigenvalue weighted by Gasteiger charge is -2.20. The molecule has 3 aromatic rings. The maximum Gasteiger partial charge on any atom is 0.244 e. The average molecular weight is 473 g/mol. The van der Waals surface area contributed by atoms with E-state index in [0.29, 0.717) is 5.02 Å². The molecule has 8 heteroatoms. The SMILES string of the molecule is COc1ccc(C)cc1S(=O)(=O)N[C@@H](Cc1ccccc1)C(=O)NCc1ccccc1Cl. The molecule has 0 aliphatic heterocycles. The van der Waals surface area contributed by atoms with Gasteiger partial charge in [-0.25, -0.2) is 8.42 Å². The zero-order valence-electron chi connectivity index (χ0n) is 17.8. The van der Waals surface area contributed by atoms with Crippen LogP contribution in [0.25, 0.3) is 0 Å². The summed E-state index contributed by atoms with van der Waals surface area (Å²) in [5.74, 6) is -0.248. The maximum atomic E-state index is 13.2. The number of carbonyl (C=O) groups excluding carboxylic acids is 1. The molecule has 2 N–H and O–H groups in total. The molecule has 32 heavy (non-hydrogen) atoms. The van der Waals surface area contributed by atoms with Gasteiger partial charge in [-0.2, -0.15) is 4.72 Å². The minimum atomic E-state index is -4.04. The van der Waals surface area contributed by atoms with Crippen molar-refractivity contribution in [1.29, 1.82) is 0 Å². The van der Waals surface area contributed by atoms with Gasteiger partial charge in [0.15, 0.2) is 0 Å². The van der Waals surface area contributed by atoms with Crippen LogP contribution in [-0.2, 0) is 27.8 Å². The van der Waals surface area contributed by atoms with Gasteiger partial charge in [0.05, 0.1) is 7.11 Å². The smallest absolute Gasteiger partial charge is 0.244 e. The molecule has 1 atom stereocenters. The molecule has 0 saturated heterocycles. The predicted molar refractivity (Wildman–Crippen MR) is 125 cm³/mol. The summed E-state index contributed by atoms with van der Waals surface area (Å²) >= 11 is 6.18. The number of halogens is 1. The first-order valence-electron chi connectivity index (χ1n) is 10.0. The van der Waals surface area contributed by atoms with Crippen molar-refractivity contribution in [1.82, 2.24) is 10.0 Å². The van der Waals surface area contributed by atoms with Gasteiger partial charge in [-0.05, 0) is 48.2 Å². The predicted octanol–water partition coefficient (Wildman–Crippen LogP) is 3.86. The summed E-state index contributed by atoms with van der Waals surface area (Å²) in [6.45, 7) is 1.97. The number of benzene rings is 3. The third-order valence-corrected chi connectivity index (χ3v) is 6.78. The van der Waals surface area contributed by atoms with Gasteiger partial charge in [0.1, 0.15) is 16.7 Å². The Hall–Kier alpha value is -2.87. The number of sulfonamides is 1. The highest BCUT2D eigenvalue weighted by Gasteiger charge is 2.28. The Morgan fingerprint density at radius 3 is 2.41 bits per heavy atom. The standard InChI is InChI=1S/C24H25ClN2O4S/c1-17-12-13-22(31-2)23(14-17)32(29,30)27-21(15-18-8-4-3-5-9-18)24(28)26-16-19-10-6-7-11-20(19)25/h3-14,21,27H,15-16H2,1-2H3,(H,26,28)/t21-/m0/s1. The Labute approximate surface area is 193 Å². The summed E-state index contributed by atoms with van der Waals surface area (Å²) < 4.78 is 34.2. The van der Waals surface area contributed by atoms with E-state index in [2.05, 4.69) is 10.0 Å². The minimum Gasteiger partial charge on any atom is -0.495 e. The third-order valence-electron chi connectivity index (χ3n) is 4.92. The van der Waals surface area contributed by atoms with Crippen molar-refractivity contribution < 1.29 is 17.9 Å². The number of carbonyl (C=O) groups is 1. The number of aryl methyl sites for hydroxylation is 1. The average Bonchev–Trinajstić information content (AvgIpc) is 2.78. The molecule has 0 bridgehead atoms. The van der Waals surface area contributed by atoms with E-state index in [1.54, 1.807) is 37.3 Å². The van der Waals surface area contributed by atoms with E-state index < -0.39 is 22.0 Å². The zero-order valence-corrected chi connectivity index (χ0v) is 19.4. The first-order chi connectivity index (χ1) is 15.3. The molecule has 0 unspecified atom stereocenters. The van der Waals surface area contributed by atoms with Crippen molar-refractivity contribution in [2.45, 2.75) is 30.8 Å². The van der Waals surface area contributed by atoms with E-state index in [0.717, 1.165) is 16.7 Å². The Balaban J connectivity index is 1.86. The highest BCUT2D eigenvalue weighted by atomic mass is 35.5. The summed E-state index contributed by atoms with van der Waals surface area (Å²) in [6, 6.07) is 20.2. The van der Waals surface area contributed by atoms with E-state index in [-0.39, 0.29) is 23.6 Å². The highest BCUT2D eigenvalue weighted by molar-refractivity contribution is 7.89. The van der Waals surface area contributed by atoms with Crippen LogP contribution in [0, 0.1) is 6.92 Å². The highest BCUT2D eigenvalue weighted by Crippen LogP contribution is 2.25. The molecule has 0 aromatic heterocycles. The third kappa shape index (κ3) is 6.09. The molecule has 0 aliphatic carbocycles. The fourth-order valence-corrected chi connectivity index (χ4v) is 4.88. The van der Waals surface area contributed by atoms with Crippen LogP contribution in [0.15, 0.2) is 77.7 Å². The van der Waals surface area contributed by atoms with Gasteiger partial charge in [0.25, 0.3) is 0 Å². The second kappa shape index (κ2) is 10.6. The van der Waals surface area contributed by atoms with E-state index in [9.17, 15) is 13.2 Å². The van der Waals surface area contributed by atoms with Crippen molar-refractivity contribution in [2.24, 2.45) is 0 Å². The molecule has 0 aliphatic rings. The maximum absolute atomic E-state index is 13.2. The summed E-state index contributed by atoms with van der Waals surface area (Å²) in [5, 5.41) is 3.32. The second-order valence-corrected chi connectivity index (χ2v) is 9.42. The lowest BCUT2D eigenvalue weighted by Crippen LogP contribution is -2.47. The number of hydrogen-bond donors (Lipinski definition) is 2. The molecule has 0 spiro atoms. The van der Waals surface area contributed by atoms with Crippen LogP contribution in [0.5, 0.6) is 5.75 Å². The van der Waals surface area contributed by atoms with Crippen LogP contribution in [0.4, 0.5) is 0 Å². The zero-order chi connectivity index (χ0) is 23.1. The van der Waals surface area contributed by atoms with E-state index >= 15 is 0 Å². The minimum absolute atomic E-state index is 0.0167. The van der Waals surface area contributed by atoms with Crippen LogP contribution >= 0.6 is 11.6 Å². The first-order valence-corrected chi connectivity index (χ1v) is 11.9. The molecular formula is C24H25ClN2O4S. The monoisotopic (exact) mass is 472 g/mol. The molecule has 3 aromatic carbocycles. The fraction of sp³-hybridized carbons (Fsp3) is 0.208. The summed E-state index contributed by atoms with van der Waals surface area (Å²) in [7, 11) is -2.64. The van der Waals surface area contributed by atoms with Crippen LogP contribution in [0.2, 0.25) is 5.02 Å².